The maximum absolute atomic E-state index is 12.6. The predicted octanol–water partition coefficient (Wildman–Crippen LogP) is 3.16. The first-order valence-corrected chi connectivity index (χ1v) is 9.79. The number of likely N-dealkylation sites (N-methyl/N-ethyl adjacent to an activating group) is 1. The minimum absolute atomic E-state index is 0.0428. The molecule has 1 aromatic carbocycles. The lowest BCUT2D eigenvalue weighted by Gasteiger charge is -2.20. The van der Waals surface area contributed by atoms with Crippen LogP contribution in [0.3, 0.4) is 0 Å². The van der Waals surface area contributed by atoms with Crippen LogP contribution in [0.5, 0.6) is 0 Å². The molecule has 0 atom stereocenters. The Morgan fingerprint density at radius 2 is 2.15 bits per heavy atom. The van der Waals surface area contributed by atoms with E-state index in [2.05, 4.69) is 22.2 Å². The zero-order valence-electron chi connectivity index (χ0n) is 14.4. The summed E-state index contributed by atoms with van der Waals surface area (Å²) in [4.78, 5) is 34.3. The van der Waals surface area contributed by atoms with E-state index in [0.29, 0.717) is 34.4 Å². The van der Waals surface area contributed by atoms with Crippen molar-refractivity contribution in [1.29, 1.82) is 0 Å². The summed E-state index contributed by atoms with van der Waals surface area (Å²) in [6, 6.07) is 5.02. The Bertz CT molecular complexity index is 882. The summed E-state index contributed by atoms with van der Waals surface area (Å²) in [7, 11) is 2.08. The van der Waals surface area contributed by atoms with Crippen molar-refractivity contribution >= 4 is 45.6 Å². The van der Waals surface area contributed by atoms with E-state index in [1.807, 2.05) is 0 Å². The molecule has 1 aromatic heterocycles. The van der Waals surface area contributed by atoms with Crippen LogP contribution in [0.4, 0.5) is 10.8 Å². The van der Waals surface area contributed by atoms with Gasteiger partial charge in [0.15, 0.2) is 5.13 Å². The van der Waals surface area contributed by atoms with Gasteiger partial charge in [-0.25, -0.2) is 4.98 Å². The van der Waals surface area contributed by atoms with E-state index in [4.69, 9.17) is 11.6 Å². The number of aromatic nitrogens is 1. The highest BCUT2D eigenvalue weighted by Crippen LogP contribution is 2.31. The molecule has 26 heavy (non-hydrogen) atoms. The quantitative estimate of drug-likeness (QED) is 0.874. The molecule has 0 unspecified atom stereocenters. The predicted molar refractivity (Wildman–Crippen MR) is 103 cm³/mol. The Labute approximate surface area is 160 Å². The van der Waals surface area contributed by atoms with Crippen LogP contribution in [0.1, 0.15) is 33.8 Å². The van der Waals surface area contributed by atoms with Gasteiger partial charge in [-0.15, -0.1) is 11.3 Å². The molecule has 3 heterocycles. The molecule has 6 nitrogen and oxygen atoms in total. The molecule has 1 N–H and O–H groups in total. The number of nitrogens with zero attached hydrogens (tertiary/aromatic N) is 3. The van der Waals surface area contributed by atoms with Crippen molar-refractivity contribution in [3.63, 3.8) is 0 Å². The monoisotopic (exact) mass is 390 g/mol. The van der Waals surface area contributed by atoms with Crippen LogP contribution in [0, 0.1) is 0 Å². The fourth-order valence-corrected chi connectivity index (χ4v) is 4.61. The van der Waals surface area contributed by atoms with Gasteiger partial charge in [0, 0.05) is 42.9 Å². The number of anilines is 2. The first-order valence-electron chi connectivity index (χ1n) is 8.59. The third-order valence-electron chi connectivity index (χ3n) is 4.72. The molecule has 1 fully saturated rings. The molecule has 0 saturated carbocycles. The zero-order chi connectivity index (χ0) is 18.3. The number of carbonyl (C=O) groups excluding carboxylic acids is 2. The molecule has 4 rings (SSSR count). The number of benzene rings is 1. The number of halogens is 1. The average Bonchev–Trinajstić information content (AvgIpc) is 3.20. The number of nitrogens with one attached hydrogen (secondary N) is 1. The molecule has 1 saturated heterocycles. The Balaban J connectivity index is 1.54. The van der Waals surface area contributed by atoms with Crippen LogP contribution in [0.2, 0.25) is 5.02 Å². The summed E-state index contributed by atoms with van der Waals surface area (Å²) in [5, 5.41) is 3.97. The number of fused-ring (bicyclic) bond motifs is 1. The molecular formula is C18H19ClN4O2S. The lowest BCUT2D eigenvalue weighted by molar-refractivity contribution is -0.117. The van der Waals surface area contributed by atoms with Gasteiger partial charge in [0.05, 0.1) is 16.4 Å². The molecule has 2 aliphatic rings. The molecular weight excluding hydrogens is 372 g/mol. The van der Waals surface area contributed by atoms with Gasteiger partial charge in [0.1, 0.15) is 0 Å². The fraction of sp³-hybridized carbons (Fsp3) is 0.389. The van der Waals surface area contributed by atoms with E-state index in [9.17, 15) is 9.59 Å². The first kappa shape index (κ1) is 17.5. The zero-order valence-corrected chi connectivity index (χ0v) is 16.0. The van der Waals surface area contributed by atoms with Crippen molar-refractivity contribution in [2.75, 3.05) is 30.4 Å². The minimum atomic E-state index is -0.242. The van der Waals surface area contributed by atoms with Crippen LogP contribution >= 0.6 is 22.9 Å². The van der Waals surface area contributed by atoms with Crippen LogP contribution < -0.4 is 10.2 Å². The highest BCUT2D eigenvalue weighted by atomic mass is 35.5. The summed E-state index contributed by atoms with van der Waals surface area (Å²) in [5.74, 6) is -0.199. The number of carbonyl (C=O) groups is 2. The lowest BCUT2D eigenvalue weighted by atomic mass is 10.1. The van der Waals surface area contributed by atoms with Gasteiger partial charge in [-0.05, 0) is 31.7 Å². The van der Waals surface area contributed by atoms with Gasteiger partial charge in [-0.3, -0.25) is 14.9 Å². The third kappa shape index (κ3) is 3.34. The van der Waals surface area contributed by atoms with E-state index >= 15 is 0 Å². The third-order valence-corrected chi connectivity index (χ3v) is 6.03. The van der Waals surface area contributed by atoms with Gasteiger partial charge in [-0.2, -0.15) is 0 Å². The van der Waals surface area contributed by atoms with Crippen molar-refractivity contribution < 1.29 is 9.59 Å². The average molecular weight is 391 g/mol. The summed E-state index contributed by atoms with van der Waals surface area (Å²) in [6.45, 7) is 2.48. The second-order valence-electron chi connectivity index (χ2n) is 6.65. The Hall–Kier alpha value is -1.96. The molecule has 0 radical (unpaired) electrons. The van der Waals surface area contributed by atoms with Crippen LogP contribution in [0.15, 0.2) is 18.2 Å². The van der Waals surface area contributed by atoms with Crippen molar-refractivity contribution in [3.05, 3.63) is 39.4 Å². The Morgan fingerprint density at radius 1 is 1.31 bits per heavy atom. The number of hydrogen-bond donors (Lipinski definition) is 1. The Morgan fingerprint density at radius 3 is 2.92 bits per heavy atom. The van der Waals surface area contributed by atoms with Crippen molar-refractivity contribution in [3.8, 4) is 0 Å². The molecule has 2 aliphatic heterocycles. The molecule has 2 aromatic rings. The second-order valence-corrected chi connectivity index (χ2v) is 8.14. The van der Waals surface area contributed by atoms with Crippen molar-refractivity contribution in [2.24, 2.45) is 0 Å². The highest BCUT2D eigenvalue weighted by molar-refractivity contribution is 7.15. The van der Waals surface area contributed by atoms with Gasteiger partial charge < -0.3 is 9.80 Å². The van der Waals surface area contributed by atoms with Gasteiger partial charge in [0.25, 0.3) is 5.91 Å². The summed E-state index contributed by atoms with van der Waals surface area (Å²) >= 11 is 7.77. The van der Waals surface area contributed by atoms with Gasteiger partial charge in [-0.1, -0.05) is 11.6 Å². The number of hydrogen-bond acceptors (Lipinski definition) is 5. The molecule has 8 heteroatoms. The molecule has 0 aliphatic carbocycles. The van der Waals surface area contributed by atoms with Gasteiger partial charge >= 0.3 is 0 Å². The van der Waals surface area contributed by atoms with Crippen LogP contribution in [-0.4, -0.2) is 41.8 Å². The maximum Gasteiger partial charge on any atom is 0.257 e. The van der Waals surface area contributed by atoms with E-state index < -0.39 is 0 Å². The second kappa shape index (κ2) is 6.98. The molecule has 136 valence electrons. The van der Waals surface area contributed by atoms with Crippen molar-refractivity contribution in [2.45, 2.75) is 25.8 Å². The first-order chi connectivity index (χ1) is 12.5. The van der Waals surface area contributed by atoms with E-state index in [1.54, 1.807) is 23.1 Å². The topological polar surface area (TPSA) is 65.5 Å². The lowest BCUT2D eigenvalue weighted by Crippen LogP contribution is -2.25. The summed E-state index contributed by atoms with van der Waals surface area (Å²) < 4.78 is 0. The number of thiazole rings is 1. The summed E-state index contributed by atoms with van der Waals surface area (Å²) in [5.41, 5.74) is 2.14. The maximum atomic E-state index is 12.6. The van der Waals surface area contributed by atoms with Gasteiger partial charge in [0.2, 0.25) is 5.91 Å². The fourth-order valence-electron chi connectivity index (χ4n) is 3.31. The number of rotatable bonds is 3. The number of amides is 2. The van der Waals surface area contributed by atoms with Crippen LogP contribution in [-0.2, 0) is 17.8 Å². The SMILES string of the molecule is CN1CCc2nc(NC(=O)c3ccc(Cl)c(N4CCCC4=O)c3)sc2C1. The normalized spacial score (nSPS) is 17.5. The van der Waals surface area contributed by atoms with Crippen LogP contribution in [0.25, 0.3) is 0 Å². The summed E-state index contributed by atoms with van der Waals surface area (Å²) in [6.07, 6.45) is 2.23. The van der Waals surface area contributed by atoms with E-state index in [1.165, 1.54) is 16.2 Å². The Kier molecular flexibility index (Phi) is 4.69. The van der Waals surface area contributed by atoms with Crippen molar-refractivity contribution in [1.82, 2.24) is 9.88 Å². The molecule has 0 bridgehead atoms. The minimum Gasteiger partial charge on any atom is -0.311 e. The smallest absolute Gasteiger partial charge is 0.257 e. The standard InChI is InChI=1S/C18H19ClN4O2S/c1-22-8-6-13-15(10-22)26-18(20-13)21-17(25)11-4-5-12(19)14(9-11)23-7-2-3-16(23)24/h4-5,9H,2-3,6-8,10H2,1H3,(H,20,21,25). The highest BCUT2D eigenvalue weighted by Gasteiger charge is 2.25. The largest absolute Gasteiger partial charge is 0.311 e. The molecule has 2 amide bonds. The molecule has 0 spiro atoms. The van der Waals surface area contributed by atoms with E-state index in [-0.39, 0.29) is 11.8 Å². The van der Waals surface area contributed by atoms with E-state index in [0.717, 1.165) is 31.6 Å².